The van der Waals surface area contributed by atoms with Crippen molar-refractivity contribution in [2.24, 2.45) is 16.9 Å². The van der Waals surface area contributed by atoms with E-state index in [1.807, 2.05) is 0 Å². The number of nitrogens with two attached hydrogens (primary N) is 2. The molecule has 2 atom stereocenters. The van der Waals surface area contributed by atoms with Gasteiger partial charge in [-0.25, -0.2) is 0 Å². The predicted molar refractivity (Wildman–Crippen MR) is 79.1 cm³/mol. The van der Waals surface area contributed by atoms with Gasteiger partial charge in [0.2, 0.25) is 11.8 Å². The van der Waals surface area contributed by atoms with Gasteiger partial charge in [-0.3, -0.25) is 9.59 Å². The molecule has 2 fully saturated rings. The first kappa shape index (κ1) is 16.2. The molecule has 2 aliphatic carbocycles. The molecule has 0 spiro atoms. The van der Waals surface area contributed by atoms with Crippen LogP contribution in [-0.2, 0) is 9.59 Å². The Kier molecular flexibility index (Phi) is 4.58. The van der Waals surface area contributed by atoms with Crippen molar-refractivity contribution in [1.29, 1.82) is 0 Å². The maximum atomic E-state index is 12.3. The zero-order valence-corrected chi connectivity index (χ0v) is 12.7. The van der Waals surface area contributed by atoms with Crippen molar-refractivity contribution in [2.45, 2.75) is 76.0 Å². The molecule has 0 aromatic heterocycles. The molecular weight excluding hydrogens is 270 g/mol. The van der Waals surface area contributed by atoms with Gasteiger partial charge in [-0.1, -0.05) is 19.8 Å². The molecule has 0 aromatic carbocycles. The highest BCUT2D eigenvalue weighted by molar-refractivity contribution is 5.85. The summed E-state index contributed by atoms with van der Waals surface area (Å²) >= 11 is 0. The van der Waals surface area contributed by atoms with Crippen LogP contribution in [-0.4, -0.2) is 34.6 Å². The first-order valence-electron chi connectivity index (χ1n) is 7.83. The van der Waals surface area contributed by atoms with Gasteiger partial charge in [0, 0.05) is 0 Å². The third-order valence-electron chi connectivity index (χ3n) is 5.27. The topological polar surface area (TPSA) is 118 Å². The van der Waals surface area contributed by atoms with Crippen LogP contribution in [0.25, 0.3) is 0 Å². The van der Waals surface area contributed by atoms with Gasteiger partial charge < -0.3 is 21.9 Å². The Labute approximate surface area is 125 Å². The summed E-state index contributed by atoms with van der Waals surface area (Å²) in [5, 5.41) is 12.7. The van der Waals surface area contributed by atoms with Crippen LogP contribution in [0.1, 0.15) is 58.3 Å². The van der Waals surface area contributed by atoms with Crippen molar-refractivity contribution in [3.8, 4) is 0 Å². The molecule has 2 amide bonds. The minimum atomic E-state index is -1.34. The molecule has 2 aliphatic rings. The Morgan fingerprint density at radius 3 is 2.19 bits per heavy atom. The van der Waals surface area contributed by atoms with Gasteiger partial charge in [-0.2, -0.15) is 0 Å². The van der Waals surface area contributed by atoms with E-state index in [9.17, 15) is 14.7 Å². The summed E-state index contributed by atoms with van der Waals surface area (Å²) in [6.07, 6.45) is 5.86. The van der Waals surface area contributed by atoms with Gasteiger partial charge in [0.05, 0.1) is 11.6 Å². The summed E-state index contributed by atoms with van der Waals surface area (Å²) in [5.74, 6) is -1.09. The fraction of sp³-hybridized carbons (Fsp3) is 0.867. The van der Waals surface area contributed by atoms with Crippen LogP contribution in [0.5, 0.6) is 0 Å². The van der Waals surface area contributed by atoms with Gasteiger partial charge >= 0.3 is 0 Å². The second kappa shape index (κ2) is 5.93. The highest BCUT2D eigenvalue weighted by atomic mass is 16.3. The van der Waals surface area contributed by atoms with E-state index in [0.717, 1.165) is 19.3 Å². The molecule has 6 N–H and O–H groups in total. The first-order chi connectivity index (χ1) is 9.78. The maximum absolute atomic E-state index is 12.3. The fourth-order valence-corrected chi connectivity index (χ4v) is 3.69. The molecule has 1 unspecified atom stereocenters. The predicted octanol–water partition coefficient (Wildman–Crippen LogP) is 0.169. The minimum absolute atomic E-state index is 0.131. The largest absolute Gasteiger partial charge is 0.381 e. The summed E-state index contributed by atoms with van der Waals surface area (Å²) in [4.78, 5) is 23.5. The highest BCUT2D eigenvalue weighted by Crippen LogP contribution is 2.41. The molecule has 120 valence electrons. The Morgan fingerprint density at radius 2 is 1.76 bits per heavy atom. The number of hydrogen-bond acceptors (Lipinski definition) is 4. The molecule has 2 saturated carbocycles. The number of amides is 2. The van der Waals surface area contributed by atoms with Crippen LogP contribution in [0.3, 0.4) is 0 Å². The van der Waals surface area contributed by atoms with E-state index in [1.165, 1.54) is 12.8 Å². The average molecular weight is 297 g/mol. The lowest BCUT2D eigenvalue weighted by molar-refractivity contribution is -0.138. The number of carbonyl (C=O) groups excluding carboxylic acids is 2. The second-order valence-electron chi connectivity index (χ2n) is 7.13. The van der Waals surface area contributed by atoms with Crippen molar-refractivity contribution in [3.63, 3.8) is 0 Å². The molecule has 6 nitrogen and oxygen atoms in total. The monoisotopic (exact) mass is 297 g/mol. The molecule has 0 heterocycles. The number of aliphatic hydroxyl groups excluding tert-OH is 1. The number of rotatable bonds is 6. The summed E-state index contributed by atoms with van der Waals surface area (Å²) in [5.41, 5.74) is 10.4. The fourth-order valence-electron chi connectivity index (χ4n) is 3.69. The van der Waals surface area contributed by atoms with Gasteiger partial charge in [0.1, 0.15) is 0 Å². The van der Waals surface area contributed by atoms with E-state index in [4.69, 9.17) is 11.5 Å². The van der Waals surface area contributed by atoms with Crippen LogP contribution in [0.15, 0.2) is 0 Å². The quantitative estimate of drug-likeness (QED) is 0.558. The molecular formula is C15H27N3O3. The summed E-state index contributed by atoms with van der Waals surface area (Å²) in [6, 6.07) is -0.606. The number of hydrogen-bond donors (Lipinski definition) is 4. The van der Waals surface area contributed by atoms with Crippen LogP contribution in [0.4, 0.5) is 0 Å². The normalized spacial score (nSPS) is 25.7. The Bertz CT molecular complexity index is 414. The molecule has 0 saturated heterocycles. The van der Waals surface area contributed by atoms with Crippen LogP contribution < -0.4 is 16.8 Å². The third-order valence-corrected chi connectivity index (χ3v) is 5.27. The van der Waals surface area contributed by atoms with Gasteiger partial charge in [0.25, 0.3) is 0 Å². The zero-order valence-electron chi connectivity index (χ0n) is 12.7. The summed E-state index contributed by atoms with van der Waals surface area (Å²) < 4.78 is 0. The van der Waals surface area contributed by atoms with Crippen molar-refractivity contribution in [1.82, 2.24) is 5.32 Å². The molecule has 0 bridgehead atoms. The van der Waals surface area contributed by atoms with E-state index in [2.05, 4.69) is 12.2 Å². The van der Waals surface area contributed by atoms with Crippen molar-refractivity contribution >= 4 is 11.8 Å². The number of primary amides is 1. The minimum Gasteiger partial charge on any atom is -0.381 e. The van der Waals surface area contributed by atoms with Gasteiger partial charge in [-0.15, -0.1) is 0 Å². The van der Waals surface area contributed by atoms with Crippen LogP contribution >= 0.6 is 0 Å². The molecule has 0 aromatic rings. The second-order valence-corrected chi connectivity index (χ2v) is 7.13. The Balaban J connectivity index is 1.94. The number of nitrogens with one attached hydrogen (secondary N) is 1. The SMILES string of the molecule is CC1(C[C@H](N)C(=O)NC2(C(O)C(N)=O)CCC2)CCCC1. The highest BCUT2D eigenvalue weighted by Gasteiger charge is 2.48. The maximum Gasteiger partial charge on any atom is 0.248 e. The van der Waals surface area contributed by atoms with E-state index in [1.54, 1.807) is 0 Å². The summed E-state index contributed by atoms with van der Waals surface area (Å²) in [7, 11) is 0. The lowest BCUT2D eigenvalue weighted by Crippen LogP contribution is -2.66. The molecule has 0 aliphatic heterocycles. The molecule has 6 heteroatoms. The Morgan fingerprint density at radius 1 is 1.19 bits per heavy atom. The Hall–Kier alpha value is -1.14. The number of carbonyl (C=O) groups is 2. The molecule has 2 rings (SSSR count). The van der Waals surface area contributed by atoms with Gasteiger partial charge in [0.15, 0.2) is 6.10 Å². The van der Waals surface area contributed by atoms with E-state index in [-0.39, 0.29) is 11.3 Å². The van der Waals surface area contributed by atoms with Crippen molar-refractivity contribution in [3.05, 3.63) is 0 Å². The van der Waals surface area contributed by atoms with E-state index >= 15 is 0 Å². The van der Waals surface area contributed by atoms with Crippen molar-refractivity contribution < 1.29 is 14.7 Å². The number of aliphatic hydroxyl groups is 1. The standard InChI is InChI=1S/C15H27N3O3/c1-14(5-2-3-6-14)9-10(16)13(21)18-15(7-4-8-15)11(19)12(17)20/h10-11,19H,2-9,16H2,1H3,(H2,17,20)(H,18,21)/t10-,11?/m0/s1. The van der Waals surface area contributed by atoms with Gasteiger partial charge in [-0.05, 0) is 43.9 Å². The first-order valence-corrected chi connectivity index (χ1v) is 7.83. The van der Waals surface area contributed by atoms with Crippen LogP contribution in [0, 0.1) is 5.41 Å². The van der Waals surface area contributed by atoms with E-state index in [0.29, 0.717) is 19.3 Å². The van der Waals surface area contributed by atoms with Crippen molar-refractivity contribution in [2.75, 3.05) is 0 Å². The van der Waals surface area contributed by atoms with Crippen LogP contribution in [0.2, 0.25) is 0 Å². The molecule has 21 heavy (non-hydrogen) atoms. The smallest absolute Gasteiger partial charge is 0.248 e. The third kappa shape index (κ3) is 3.37. The summed E-state index contributed by atoms with van der Waals surface area (Å²) in [6.45, 7) is 2.17. The average Bonchev–Trinajstić information content (AvgIpc) is 2.79. The zero-order chi connectivity index (χ0) is 15.7. The lowest BCUT2D eigenvalue weighted by Gasteiger charge is -2.45. The molecule has 0 radical (unpaired) electrons. The van der Waals surface area contributed by atoms with E-state index < -0.39 is 23.6 Å². The lowest BCUT2D eigenvalue weighted by atomic mass is 9.72.